The number of nitrogens with one attached hydrogen (secondary N) is 1. The van der Waals surface area contributed by atoms with Crippen molar-refractivity contribution in [1.82, 2.24) is 9.55 Å². The van der Waals surface area contributed by atoms with E-state index in [2.05, 4.69) is 10.3 Å². The lowest BCUT2D eigenvalue weighted by atomic mass is 10.1. The minimum atomic E-state index is -0.501. The van der Waals surface area contributed by atoms with E-state index in [-0.39, 0.29) is 17.4 Å². The number of carbonyl (C=O) groups is 2. The number of hydrogen-bond acceptors (Lipinski definition) is 5. The minimum Gasteiger partial charge on any atom is -0.506 e. The molecule has 1 heterocycles. The van der Waals surface area contributed by atoms with Crippen molar-refractivity contribution in [2.45, 2.75) is 39.2 Å². The molecule has 0 bridgehead atoms. The molecule has 0 aliphatic rings. The SMILES string of the molecule is CCCCC(C(=O)OCC)n1cnc(C(=O)Nc2ccccc2O)c1. The van der Waals surface area contributed by atoms with Gasteiger partial charge in [0.05, 0.1) is 18.6 Å². The number of rotatable bonds is 8. The quantitative estimate of drug-likeness (QED) is 0.566. The molecule has 0 aliphatic heterocycles. The van der Waals surface area contributed by atoms with Gasteiger partial charge in [-0.15, -0.1) is 0 Å². The molecule has 1 unspecified atom stereocenters. The fourth-order valence-corrected chi connectivity index (χ4v) is 2.41. The molecule has 7 nitrogen and oxygen atoms in total. The average Bonchev–Trinajstić information content (AvgIpc) is 3.07. The molecule has 134 valence electrons. The van der Waals surface area contributed by atoms with Gasteiger partial charge in [-0.3, -0.25) is 4.79 Å². The molecule has 1 aromatic heterocycles. The number of aromatic hydroxyl groups is 1. The highest BCUT2D eigenvalue weighted by molar-refractivity contribution is 6.03. The van der Waals surface area contributed by atoms with Gasteiger partial charge in [-0.2, -0.15) is 0 Å². The largest absolute Gasteiger partial charge is 0.506 e. The van der Waals surface area contributed by atoms with E-state index in [0.717, 1.165) is 12.8 Å². The Morgan fingerprint density at radius 1 is 1.32 bits per heavy atom. The van der Waals surface area contributed by atoms with Crippen LogP contribution in [-0.4, -0.2) is 33.1 Å². The minimum absolute atomic E-state index is 0.0253. The molecule has 0 spiro atoms. The van der Waals surface area contributed by atoms with Crippen LogP contribution in [0.15, 0.2) is 36.8 Å². The Morgan fingerprint density at radius 3 is 2.76 bits per heavy atom. The zero-order chi connectivity index (χ0) is 18.2. The molecule has 1 aromatic carbocycles. The molecular weight excluding hydrogens is 322 g/mol. The summed E-state index contributed by atoms with van der Waals surface area (Å²) in [4.78, 5) is 28.5. The summed E-state index contributed by atoms with van der Waals surface area (Å²) in [5, 5.41) is 12.3. The molecule has 0 radical (unpaired) electrons. The van der Waals surface area contributed by atoms with Crippen LogP contribution >= 0.6 is 0 Å². The van der Waals surface area contributed by atoms with E-state index in [1.807, 2.05) is 6.92 Å². The summed E-state index contributed by atoms with van der Waals surface area (Å²) in [5.41, 5.74) is 0.462. The maximum Gasteiger partial charge on any atom is 0.329 e. The second-order valence-corrected chi connectivity index (χ2v) is 5.59. The first-order chi connectivity index (χ1) is 12.1. The lowest BCUT2D eigenvalue weighted by Gasteiger charge is -2.16. The van der Waals surface area contributed by atoms with E-state index in [0.29, 0.717) is 18.7 Å². The number of amides is 1. The van der Waals surface area contributed by atoms with Crippen molar-refractivity contribution < 1.29 is 19.4 Å². The fraction of sp³-hybridized carbons (Fsp3) is 0.389. The standard InChI is InChI=1S/C18H23N3O4/c1-3-5-9-15(18(24)25-4-2)21-11-14(19-12-21)17(23)20-13-8-6-7-10-16(13)22/h6-8,10-12,15,22H,3-5,9H2,1-2H3,(H,20,23). The van der Waals surface area contributed by atoms with E-state index in [9.17, 15) is 14.7 Å². The van der Waals surface area contributed by atoms with E-state index in [4.69, 9.17) is 4.74 Å². The predicted octanol–water partition coefficient (Wildman–Crippen LogP) is 3.14. The monoisotopic (exact) mass is 345 g/mol. The van der Waals surface area contributed by atoms with E-state index >= 15 is 0 Å². The summed E-state index contributed by atoms with van der Waals surface area (Å²) >= 11 is 0. The molecule has 1 atom stereocenters. The molecule has 0 aliphatic carbocycles. The van der Waals surface area contributed by atoms with Crippen LogP contribution in [-0.2, 0) is 9.53 Å². The molecule has 2 rings (SSSR count). The molecule has 25 heavy (non-hydrogen) atoms. The Bertz CT molecular complexity index is 727. The van der Waals surface area contributed by atoms with E-state index < -0.39 is 11.9 Å². The van der Waals surface area contributed by atoms with Gasteiger partial charge in [0.1, 0.15) is 17.5 Å². The summed E-state index contributed by atoms with van der Waals surface area (Å²) in [6.07, 6.45) is 5.40. The number of phenols is 1. The van der Waals surface area contributed by atoms with Gasteiger partial charge in [0.25, 0.3) is 5.91 Å². The van der Waals surface area contributed by atoms with Crippen LogP contribution in [0.25, 0.3) is 0 Å². The van der Waals surface area contributed by atoms with Gasteiger partial charge < -0.3 is 19.7 Å². The van der Waals surface area contributed by atoms with Gasteiger partial charge in [0, 0.05) is 6.20 Å². The third-order valence-electron chi connectivity index (χ3n) is 3.74. The van der Waals surface area contributed by atoms with Gasteiger partial charge in [-0.25, -0.2) is 9.78 Å². The number of hydrogen-bond donors (Lipinski definition) is 2. The highest BCUT2D eigenvalue weighted by Gasteiger charge is 2.22. The topological polar surface area (TPSA) is 93.5 Å². The van der Waals surface area contributed by atoms with Crippen LogP contribution in [0.4, 0.5) is 5.69 Å². The summed E-state index contributed by atoms with van der Waals surface area (Å²) in [7, 11) is 0. The second kappa shape index (κ2) is 8.86. The second-order valence-electron chi connectivity index (χ2n) is 5.59. The maximum atomic E-state index is 12.3. The highest BCUT2D eigenvalue weighted by atomic mass is 16.5. The number of carbonyl (C=O) groups excluding carboxylic acids is 2. The van der Waals surface area contributed by atoms with Gasteiger partial charge >= 0.3 is 5.97 Å². The van der Waals surface area contributed by atoms with Crippen LogP contribution in [0.2, 0.25) is 0 Å². The summed E-state index contributed by atoms with van der Waals surface area (Å²) in [6.45, 7) is 4.10. The van der Waals surface area contributed by atoms with Crippen molar-refractivity contribution in [3.8, 4) is 5.75 Å². The Morgan fingerprint density at radius 2 is 2.08 bits per heavy atom. The number of anilines is 1. The van der Waals surface area contributed by atoms with Crippen LogP contribution in [0, 0.1) is 0 Å². The molecule has 2 aromatic rings. The van der Waals surface area contributed by atoms with Gasteiger partial charge in [-0.05, 0) is 25.5 Å². The van der Waals surface area contributed by atoms with Crippen LogP contribution in [0.3, 0.4) is 0 Å². The van der Waals surface area contributed by atoms with E-state index in [1.54, 1.807) is 29.7 Å². The van der Waals surface area contributed by atoms with Crippen molar-refractivity contribution in [2.75, 3.05) is 11.9 Å². The normalized spacial score (nSPS) is 11.8. The van der Waals surface area contributed by atoms with Crippen LogP contribution in [0.1, 0.15) is 49.6 Å². The highest BCUT2D eigenvalue weighted by Crippen LogP contribution is 2.22. The molecular formula is C18H23N3O4. The fourth-order valence-electron chi connectivity index (χ4n) is 2.41. The first kappa shape index (κ1) is 18.5. The first-order valence-corrected chi connectivity index (χ1v) is 8.36. The van der Waals surface area contributed by atoms with E-state index in [1.165, 1.54) is 18.6 Å². The number of nitrogens with zero attached hydrogens (tertiary/aromatic N) is 2. The lowest BCUT2D eigenvalue weighted by Crippen LogP contribution is -2.21. The number of imidazole rings is 1. The molecule has 0 fully saturated rings. The molecule has 7 heteroatoms. The van der Waals surface area contributed by atoms with Gasteiger partial charge in [-0.1, -0.05) is 31.9 Å². The average molecular weight is 345 g/mol. The Labute approximate surface area is 146 Å². The van der Waals surface area contributed by atoms with Crippen molar-refractivity contribution in [3.05, 3.63) is 42.5 Å². The Kier molecular flexibility index (Phi) is 6.56. The van der Waals surface area contributed by atoms with Crippen molar-refractivity contribution in [1.29, 1.82) is 0 Å². The molecule has 0 saturated carbocycles. The van der Waals surface area contributed by atoms with Crippen LogP contribution < -0.4 is 5.32 Å². The molecule has 1 amide bonds. The lowest BCUT2D eigenvalue weighted by molar-refractivity contribution is -0.147. The molecule has 2 N–H and O–H groups in total. The van der Waals surface area contributed by atoms with Gasteiger partial charge in [0.2, 0.25) is 0 Å². The zero-order valence-electron chi connectivity index (χ0n) is 14.4. The summed E-state index contributed by atoms with van der Waals surface area (Å²) in [5.74, 6) is -0.818. The predicted molar refractivity (Wildman–Crippen MR) is 93.5 cm³/mol. The zero-order valence-corrected chi connectivity index (χ0v) is 14.4. The third kappa shape index (κ3) is 4.82. The third-order valence-corrected chi connectivity index (χ3v) is 3.74. The number of aromatic nitrogens is 2. The van der Waals surface area contributed by atoms with Crippen LogP contribution in [0.5, 0.6) is 5.75 Å². The maximum absolute atomic E-state index is 12.3. The Balaban J connectivity index is 2.14. The number of esters is 1. The number of ether oxygens (including phenoxy) is 1. The number of para-hydroxylation sites is 2. The number of phenolic OH excluding ortho intramolecular Hbond substituents is 1. The summed E-state index contributed by atoms with van der Waals surface area (Å²) < 4.78 is 6.72. The number of benzene rings is 1. The smallest absolute Gasteiger partial charge is 0.329 e. The van der Waals surface area contributed by atoms with Gasteiger partial charge in [0.15, 0.2) is 0 Å². The first-order valence-electron chi connectivity index (χ1n) is 8.36. The number of unbranched alkanes of at least 4 members (excludes halogenated alkanes) is 1. The Hall–Kier alpha value is -2.83. The van der Waals surface area contributed by atoms with Crippen molar-refractivity contribution in [2.24, 2.45) is 0 Å². The van der Waals surface area contributed by atoms with Crippen molar-refractivity contribution in [3.63, 3.8) is 0 Å². The molecule has 0 saturated heterocycles. The summed E-state index contributed by atoms with van der Waals surface area (Å²) in [6, 6.07) is 5.94. The van der Waals surface area contributed by atoms with Crippen molar-refractivity contribution >= 4 is 17.6 Å².